The van der Waals surface area contributed by atoms with Crippen molar-refractivity contribution in [2.75, 3.05) is 6.44 Å². The monoisotopic (exact) mass is 182 g/mol. The summed E-state index contributed by atoms with van der Waals surface area (Å²) in [5.74, 6) is 0. The molecule has 0 N–H and O–H groups in total. The van der Waals surface area contributed by atoms with E-state index >= 15 is 0 Å². The summed E-state index contributed by atoms with van der Waals surface area (Å²) in [7, 11) is 0. The maximum absolute atomic E-state index is 12.0. The predicted octanol–water partition coefficient (Wildman–Crippen LogP) is 2.49. The molecule has 5 heteroatoms. The number of hydrogen-bond donors (Lipinski definition) is 0. The van der Waals surface area contributed by atoms with Crippen LogP contribution in [-0.4, -0.2) is 30.4 Å². The minimum absolute atomic E-state index is 0.0477. The Morgan fingerprint density at radius 3 is 1.42 bits per heavy atom. The van der Waals surface area contributed by atoms with E-state index < -0.39 is 13.4 Å². The minimum atomic E-state index is -4.69. The van der Waals surface area contributed by atoms with Crippen LogP contribution in [0.25, 0.3) is 0 Å². The Balaban J connectivity index is 4.15. The molecule has 0 spiro atoms. The molecule has 0 aliphatic heterocycles. The van der Waals surface area contributed by atoms with Crippen molar-refractivity contribution in [2.45, 2.75) is 39.8 Å². The lowest BCUT2D eigenvalue weighted by Gasteiger charge is -2.34. The van der Waals surface area contributed by atoms with E-state index in [1.165, 1.54) is 4.90 Å². The number of nitrogens with zero attached hydrogens (tertiary/aromatic N) is 1. The molecule has 0 heterocycles. The maximum atomic E-state index is 12.0. The van der Waals surface area contributed by atoms with Gasteiger partial charge in [0.15, 0.2) is 0 Å². The molecule has 0 unspecified atom stereocenters. The number of rotatable bonds is 4. The zero-order valence-electron chi connectivity index (χ0n) is 8.02. The van der Waals surface area contributed by atoms with Gasteiger partial charge >= 0.3 is 6.98 Å². The zero-order valence-corrected chi connectivity index (χ0v) is 8.02. The Hall–Kier alpha value is -0.185. The molecule has 0 amide bonds. The molecule has 0 aromatic rings. The van der Waals surface area contributed by atoms with Crippen molar-refractivity contribution in [1.29, 1.82) is 0 Å². The van der Waals surface area contributed by atoms with Crippen LogP contribution in [-0.2, 0) is 0 Å². The molecule has 0 aromatic heterocycles. The van der Waals surface area contributed by atoms with Gasteiger partial charge in [-0.05, 0) is 34.1 Å². The molecular weight excluding hydrogens is 166 g/mol. The molecule has 0 saturated heterocycles. The first-order valence-electron chi connectivity index (χ1n) is 4.20. The average Bonchev–Trinajstić information content (AvgIpc) is 1.79. The highest BCUT2D eigenvalue weighted by atomic mass is 19.4. The fraction of sp³-hybridized carbons (Fsp3) is 1.00. The molecule has 0 atom stereocenters. The Morgan fingerprint density at radius 2 is 1.33 bits per heavy atom. The molecule has 0 aromatic carbocycles. The van der Waals surface area contributed by atoms with E-state index in [-0.39, 0.29) is 12.1 Å². The van der Waals surface area contributed by atoms with Crippen LogP contribution >= 0.6 is 0 Å². The van der Waals surface area contributed by atoms with Gasteiger partial charge in [0.25, 0.3) is 0 Å². The molecule has 0 radical (unpaired) electrons. The Labute approximate surface area is 72.0 Å². The lowest BCUT2D eigenvalue weighted by Crippen LogP contribution is -2.45. The Morgan fingerprint density at radius 1 is 1.00 bits per heavy atom. The van der Waals surface area contributed by atoms with Gasteiger partial charge in [-0.2, -0.15) is 0 Å². The Bertz CT molecular complexity index is 125. The summed E-state index contributed by atoms with van der Waals surface area (Å²) >= 11 is 0. The summed E-state index contributed by atoms with van der Waals surface area (Å²) in [6.07, 6.45) is -0.755. The highest BCUT2D eigenvalue weighted by molar-refractivity contribution is 6.58. The molecule has 1 nitrogen and oxygen atoms in total. The first-order chi connectivity index (χ1) is 5.24. The topological polar surface area (TPSA) is 3.24 Å². The van der Waals surface area contributed by atoms with E-state index in [1.54, 1.807) is 27.7 Å². The van der Waals surface area contributed by atoms with Crippen LogP contribution in [0.3, 0.4) is 0 Å². The smallest absolute Gasteiger partial charge is 0.448 e. The fourth-order valence-electron chi connectivity index (χ4n) is 1.26. The van der Waals surface area contributed by atoms with Crippen molar-refractivity contribution >= 4 is 6.98 Å². The summed E-state index contributed by atoms with van der Waals surface area (Å²) in [6.45, 7) is 2.43. The quantitative estimate of drug-likeness (QED) is 0.603. The van der Waals surface area contributed by atoms with Gasteiger partial charge in [-0.3, -0.25) is 0 Å². The zero-order chi connectivity index (χ0) is 9.94. The molecule has 0 fully saturated rings. The van der Waals surface area contributed by atoms with Crippen molar-refractivity contribution in [1.82, 2.24) is 4.90 Å². The largest absolute Gasteiger partial charge is 0.492 e. The SMILES string of the molecule is CC(C)N(C[B-](F)(F)F)C(C)C. The molecule has 12 heavy (non-hydrogen) atoms. The van der Waals surface area contributed by atoms with Gasteiger partial charge in [0.2, 0.25) is 0 Å². The summed E-state index contributed by atoms with van der Waals surface area (Å²) in [5.41, 5.74) is 0. The molecule has 0 aliphatic rings. The lowest BCUT2D eigenvalue weighted by atomic mass is 9.90. The van der Waals surface area contributed by atoms with Crippen molar-refractivity contribution in [2.24, 2.45) is 0 Å². The van der Waals surface area contributed by atoms with E-state index in [2.05, 4.69) is 0 Å². The van der Waals surface area contributed by atoms with Gasteiger partial charge < -0.3 is 17.8 Å². The van der Waals surface area contributed by atoms with Crippen LogP contribution in [0.1, 0.15) is 27.7 Å². The fourth-order valence-corrected chi connectivity index (χ4v) is 1.26. The second-order valence-electron chi connectivity index (χ2n) is 3.59. The normalized spacial score (nSPS) is 13.5. The summed E-state index contributed by atoms with van der Waals surface area (Å²) in [5, 5.41) is 0. The Kier molecular flexibility index (Phi) is 4.10. The van der Waals surface area contributed by atoms with E-state index in [4.69, 9.17) is 0 Å². The molecule has 0 aliphatic carbocycles. The summed E-state index contributed by atoms with van der Waals surface area (Å²) < 4.78 is 36.1. The van der Waals surface area contributed by atoms with Crippen LogP contribution in [0.5, 0.6) is 0 Å². The van der Waals surface area contributed by atoms with Crippen LogP contribution < -0.4 is 0 Å². The van der Waals surface area contributed by atoms with Crippen molar-refractivity contribution in [3.8, 4) is 0 Å². The highest BCUT2D eigenvalue weighted by Gasteiger charge is 2.28. The molecule has 0 saturated carbocycles. The molecular formula is C7H16BF3N-. The molecule has 74 valence electrons. The molecule has 0 rings (SSSR count). The second-order valence-corrected chi connectivity index (χ2v) is 3.59. The predicted molar refractivity (Wildman–Crippen MR) is 46.1 cm³/mol. The minimum Gasteiger partial charge on any atom is -0.448 e. The summed E-state index contributed by atoms with van der Waals surface area (Å²) in [6, 6.07) is -0.0954. The van der Waals surface area contributed by atoms with Gasteiger partial charge in [0.05, 0.1) is 0 Å². The number of halogens is 3. The third-order valence-corrected chi connectivity index (χ3v) is 1.74. The van der Waals surface area contributed by atoms with E-state index in [0.717, 1.165) is 0 Å². The van der Waals surface area contributed by atoms with Crippen LogP contribution in [0, 0.1) is 0 Å². The van der Waals surface area contributed by atoms with Gasteiger partial charge in [-0.15, -0.1) is 0 Å². The van der Waals surface area contributed by atoms with Crippen LogP contribution in [0.4, 0.5) is 12.9 Å². The molecule has 0 bridgehead atoms. The maximum Gasteiger partial charge on any atom is 0.492 e. The number of hydrogen-bond acceptors (Lipinski definition) is 1. The first kappa shape index (κ1) is 11.8. The standard InChI is InChI=1S/C7H16BF3N/c1-6(2)12(7(3)4)5-8(9,10)11/h6-7H,5H2,1-4H3/q-1. The van der Waals surface area contributed by atoms with Gasteiger partial charge in [-0.1, -0.05) is 0 Å². The van der Waals surface area contributed by atoms with Gasteiger partial charge in [0.1, 0.15) is 0 Å². The van der Waals surface area contributed by atoms with E-state index in [9.17, 15) is 12.9 Å². The van der Waals surface area contributed by atoms with E-state index in [1.807, 2.05) is 0 Å². The first-order valence-corrected chi connectivity index (χ1v) is 4.20. The van der Waals surface area contributed by atoms with Crippen molar-refractivity contribution in [3.05, 3.63) is 0 Å². The van der Waals surface area contributed by atoms with Crippen LogP contribution in [0.2, 0.25) is 0 Å². The van der Waals surface area contributed by atoms with Gasteiger partial charge in [0, 0.05) is 12.1 Å². The van der Waals surface area contributed by atoms with Crippen molar-refractivity contribution in [3.63, 3.8) is 0 Å². The van der Waals surface area contributed by atoms with Crippen molar-refractivity contribution < 1.29 is 12.9 Å². The lowest BCUT2D eigenvalue weighted by molar-refractivity contribution is 0.185. The average molecular weight is 182 g/mol. The second kappa shape index (κ2) is 4.17. The highest BCUT2D eigenvalue weighted by Crippen LogP contribution is 2.14. The van der Waals surface area contributed by atoms with E-state index in [0.29, 0.717) is 0 Å². The third kappa shape index (κ3) is 4.64. The van der Waals surface area contributed by atoms with Gasteiger partial charge in [-0.25, -0.2) is 0 Å². The third-order valence-electron chi connectivity index (χ3n) is 1.74. The summed E-state index contributed by atoms with van der Waals surface area (Å²) in [4.78, 5) is 1.44. The van der Waals surface area contributed by atoms with Crippen LogP contribution in [0.15, 0.2) is 0 Å².